The number of aromatic hydroxyl groups is 1. The van der Waals surface area contributed by atoms with Crippen molar-refractivity contribution in [2.45, 2.75) is 58.7 Å². The summed E-state index contributed by atoms with van der Waals surface area (Å²) in [5.74, 6) is 0.684. The van der Waals surface area contributed by atoms with Crippen LogP contribution in [0, 0.1) is 19.7 Å². The molecule has 0 aromatic heterocycles. The number of hydrogen-bond donors (Lipinski definition) is 1. The summed E-state index contributed by atoms with van der Waals surface area (Å²) in [4.78, 5) is 19.9. The minimum atomic E-state index is -0.335. The maximum atomic E-state index is 14.1. The number of fused-ring (bicyclic) bond motifs is 3. The van der Waals surface area contributed by atoms with Crippen molar-refractivity contribution in [3.63, 3.8) is 0 Å². The molecule has 0 saturated carbocycles. The van der Waals surface area contributed by atoms with E-state index in [9.17, 15) is 14.3 Å². The Kier molecular flexibility index (Phi) is 5.99. The van der Waals surface area contributed by atoms with Crippen LogP contribution in [-0.2, 0) is 19.5 Å². The molecule has 3 aliphatic rings. The van der Waals surface area contributed by atoms with Gasteiger partial charge in [0.15, 0.2) is 0 Å². The molecule has 2 fully saturated rings. The van der Waals surface area contributed by atoms with Crippen LogP contribution in [0.5, 0.6) is 11.5 Å². The normalized spacial score (nSPS) is 19.5. The second kappa shape index (κ2) is 8.86. The molecule has 1 N–H and O–H groups in total. The Bertz CT molecular complexity index is 1180. The third kappa shape index (κ3) is 3.86. The van der Waals surface area contributed by atoms with Gasteiger partial charge >= 0.3 is 6.03 Å². The number of carbonyl (C=O) groups is 1. The van der Waals surface area contributed by atoms with Crippen molar-refractivity contribution in [2.75, 3.05) is 26.7 Å². The molecule has 7 heteroatoms. The molecule has 0 atom stereocenters. The number of hydrogen-bond acceptors (Lipinski definition) is 4. The van der Waals surface area contributed by atoms with Crippen LogP contribution in [0.15, 0.2) is 36.0 Å². The van der Waals surface area contributed by atoms with E-state index in [0.29, 0.717) is 36.4 Å². The van der Waals surface area contributed by atoms with Crippen LogP contribution in [0.3, 0.4) is 0 Å². The van der Waals surface area contributed by atoms with Gasteiger partial charge in [0.2, 0.25) is 0 Å². The number of methoxy groups -OCH3 is 1. The summed E-state index contributed by atoms with van der Waals surface area (Å²) in [6.45, 7) is 9.26. The number of urea groups is 1. The molecule has 1 spiro atoms. The Labute approximate surface area is 206 Å². The number of allylic oxidation sites excluding steroid dienone is 1. The van der Waals surface area contributed by atoms with Gasteiger partial charge in [-0.2, -0.15) is 0 Å². The summed E-state index contributed by atoms with van der Waals surface area (Å²) in [6, 6.07) is 7.48. The Balaban J connectivity index is 1.40. The van der Waals surface area contributed by atoms with Gasteiger partial charge in [0, 0.05) is 43.5 Å². The largest absolute Gasteiger partial charge is 0.508 e. The van der Waals surface area contributed by atoms with Gasteiger partial charge in [0.25, 0.3) is 0 Å². The van der Waals surface area contributed by atoms with Crippen molar-refractivity contribution in [1.82, 2.24) is 14.7 Å². The van der Waals surface area contributed by atoms with E-state index < -0.39 is 0 Å². The molecule has 2 amide bonds. The molecule has 0 bridgehead atoms. The maximum absolute atomic E-state index is 14.1. The molecule has 3 heterocycles. The molecule has 2 saturated heterocycles. The van der Waals surface area contributed by atoms with E-state index in [0.717, 1.165) is 54.9 Å². The molecule has 0 radical (unpaired) electrons. The van der Waals surface area contributed by atoms with Crippen molar-refractivity contribution in [2.24, 2.45) is 0 Å². The van der Waals surface area contributed by atoms with Crippen LogP contribution in [0.25, 0.3) is 0 Å². The quantitative estimate of drug-likeness (QED) is 0.679. The molecule has 3 aliphatic heterocycles. The molecule has 6 nitrogen and oxygen atoms in total. The van der Waals surface area contributed by atoms with E-state index in [-0.39, 0.29) is 23.1 Å². The van der Waals surface area contributed by atoms with Gasteiger partial charge in [0.05, 0.1) is 19.2 Å². The van der Waals surface area contributed by atoms with Crippen molar-refractivity contribution in [3.05, 3.63) is 69.7 Å². The van der Waals surface area contributed by atoms with Crippen LogP contribution in [-0.4, -0.2) is 58.1 Å². The standard InChI is InChI=1S/C28H34FN3O3/c1-5-32-27(34)31-17-21-14-22(35-4)15-24(33)23(21)6-7-25(31)28(32)8-10-30(11-9-28)16-20-12-18(2)26(29)19(3)13-20/h7,12-15,33H,5-6,8-11,16-17H2,1-4H3. The van der Waals surface area contributed by atoms with Crippen LogP contribution in [0.4, 0.5) is 9.18 Å². The molecular weight excluding hydrogens is 445 g/mol. The molecule has 35 heavy (non-hydrogen) atoms. The first-order valence-corrected chi connectivity index (χ1v) is 12.4. The number of carbonyl (C=O) groups excluding carboxylic acids is 1. The number of rotatable bonds is 4. The van der Waals surface area contributed by atoms with Crippen molar-refractivity contribution in [1.29, 1.82) is 0 Å². The minimum absolute atomic E-state index is 0.0344. The average Bonchev–Trinajstić information content (AvgIpc) is 2.95. The summed E-state index contributed by atoms with van der Waals surface area (Å²) < 4.78 is 19.4. The summed E-state index contributed by atoms with van der Waals surface area (Å²) in [5.41, 5.74) is 5.01. The third-order valence-corrected chi connectivity index (χ3v) is 8.00. The lowest BCUT2D eigenvalue weighted by Gasteiger charge is -2.44. The Morgan fingerprint density at radius 1 is 1.11 bits per heavy atom. The highest BCUT2D eigenvalue weighted by Crippen LogP contribution is 2.46. The van der Waals surface area contributed by atoms with E-state index in [1.54, 1.807) is 13.2 Å². The molecule has 5 rings (SSSR count). The second-order valence-corrected chi connectivity index (χ2v) is 10.0. The zero-order chi connectivity index (χ0) is 24.9. The SMILES string of the molecule is CCN1C(=O)N2Cc3cc(OC)cc(O)c3CC=C2C12CCN(Cc1cc(C)c(F)c(C)c1)CC2. The van der Waals surface area contributed by atoms with Gasteiger partial charge in [0.1, 0.15) is 17.3 Å². The van der Waals surface area contributed by atoms with Crippen LogP contribution >= 0.6 is 0 Å². The topological polar surface area (TPSA) is 56.3 Å². The number of likely N-dealkylation sites (N-methyl/N-ethyl adjacent to an activating group) is 1. The Morgan fingerprint density at radius 3 is 2.43 bits per heavy atom. The van der Waals surface area contributed by atoms with E-state index in [4.69, 9.17) is 4.74 Å². The lowest BCUT2D eigenvalue weighted by molar-refractivity contribution is 0.0888. The zero-order valence-corrected chi connectivity index (χ0v) is 21.0. The van der Waals surface area contributed by atoms with Crippen molar-refractivity contribution in [3.8, 4) is 11.5 Å². The third-order valence-electron chi connectivity index (χ3n) is 8.00. The van der Waals surface area contributed by atoms with Gasteiger partial charge in [-0.1, -0.05) is 18.2 Å². The van der Waals surface area contributed by atoms with Crippen LogP contribution < -0.4 is 4.74 Å². The van der Waals surface area contributed by atoms with Crippen molar-refractivity contribution >= 4 is 6.03 Å². The molecule has 0 aliphatic carbocycles. The average molecular weight is 480 g/mol. The lowest BCUT2D eigenvalue weighted by Crippen LogP contribution is -2.53. The fourth-order valence-electron chi connectivity index (χ4n) is 6.25. The second-order valence-electron chi connectivity index (χ2n) is 10.0. The molecular formula is C28H34FN3O3. The molecule has 0 unspecified atom stereocenters. The van der Waals surface area contributed by atoms with E-state index in [1.807, 2.05) is 48.8 Å². The van der Waals surface area contributed by atoms with Gasteiger partial charge in [-0.15, -0.1) is 0 Å². The van der Waals surface area contributed by atoms with E-state index >= 15 is 0 Å². The minimum Gasteiger partial charge on any atom is -0.508 e. The number of benzene rings is 2. The van der Waals surface area contributed by atoms with E-state index in [1.165, 1.54) is 0 Å². The first-order valence-electron chi connectivity index (χ1n) is 12.4. The number of phenolic OH excluding ortho intramolecular Hbond substituents is 1. The van der Waals surface area contributed by atoms with Gasteiger partial charge in [-0.3, -0.25) is 9.80 Å². The number of phenols is 1. The molecule has 2 aromatic carbocycles. The highest BCUT2D eigenvalue weighted by Gasteiger charge is 2.54. The van der Waals surface area contributed by atoms with Crippen LogP contribution in [0.1, 0.15) is 47.6 Å². The number of likely N-dealkylation sites (tertiary alicyclic amines) is 1. The number of aryl methyl sites for hydroxylation is 2. The predicted molar refractivity (Wildman–Crippen MR) is 133 cm³/mol. The monoisotopic (exact) mass is 479 g/mol. The number of amides is 2. The first kappa shape index (κ1) is 23.7. The molecule has 186 valence electrons. The smallest absolute Gasteiger partial charge is 0.325 e. The highest BCUT2D eigenvalue weighted by molar-refractivity contribution is 5.83. The summed E-state index contributed by atoms with van der Waals surface area (Å²) in [5, 5.41) is 10.6. The zero-order valence-electron chi connectivity index (χ0n) is 21.0. The Morgan fingerprint density at radius 2 is 1.80 bits per heavy atom. The fraction of sp³-hybridized carbons (Fsp3) is 0.464. The summed E-state index contributed by atoms with van der Waals surface area (Å²) in [6.07, 6.45) is 4.43. The first-order chi connectivity index (χ1) is 16.8. The summed E-state index contributed by atoms with van der Waals surface area (Å²) >= 11 is 0. The fourth-order valence-corrected chi connectivity index (χ4v) is 6.25. The number of nitrogens with zero attached hydrogens (tertiary/aromatic N) is 3. The lowest BCUT2D eigenvalue weighted by atomic mass is 9.83. The number of halogens is 1. The predicted octanol–water partition coefficient (Wildman–Crippen LogP) is 4.89. The number of piperidine rings is 1. The van der Waals surface area contributed by atoms with Crippen molar-refractivity contribution < 1.29 is 19.0 Å². The molecule has 2 aromatic rings. The number of ether oxygens (including phenoxy) is 1. The van der Waals surface area contributed by atoms with Gasteiger partial charge in [-0.25, -0.2) is 9.18 Å². The highest BCUT2D eigenvalue weighted by atomic mass is 19.1. The Hall–Kier alpha value is -3.06. The summed E-state index contributed by atoms with van der Waals surface area (Å²) in [7, 11) is 1.58. The van der Waals surface area contributed by atoms with Crippen LogP contribution in [0.2, 0.25) is 0 Å². The van der Waals surface area contributed by atoms with E-state index in [2.05, 4.69) is 11.0 Å². The van der Waals surface area contributed by atoms with Gasteiger partial charge < -0.3 is 14.7 Å². The maximum Gasteiger partial charge on any atom is 0.325 e. The van der Waals surface area contributed by atoms with Gasteiger partial charge in [-0.05, 0) is 68.4 Å².